The van der Waals surface area contributed by atoms with Gasteiger partial charge in [-0.3, -0.25) is 0 Å². The molecule has 0 atom stereocenters. The molecule has 0 unspecified atom stereocenters. The van der Waals surface area contributed by atoms with Gasteiger partial charge in [-0.25, -0.2) is 15.0 Å². The van der Waals surface area contributed by atoms with Gasteiger partial charge in [-0.15, -0.1) is 11.3 Å². The van der Waals surface area contributed by atoms with Crippen LogP contribution in [-0.4, -0.2) is 15.0 Å². The quantitative estimate of drug-likeness (QED) is 0.707. The van der Waals surface area contributed by atoms with Gasteiger partial charge < -0.3 is 0 Å². The van der Waals surface area contributed by atoms with Crippen LogP contribution in [0.4, 0.5) is 0 Å². The van der Waals surface area contributed by atoms with Crippen molar-refractivity contribution in [3.05, 3.63) is 53.6 Å². The van der Waals surface area contributed by atoms with Crippen molar-refractivity contribution in [1.29, 1.82) is 0 Å². The lowest BCUT2D eigenvalue weighted by molar-refractivity contribution is 0.924. The smallest absolute Gasteiger partial charge is 0.115 e. The van der Waals surface area contributed by atoms with Crippen LogP contribution in [0.25, 0.3) is 10.2 Å². The number of fused-ring (bicyclic) bond motifs is 1. The second-order valence-electron chi connectivity index (χ2n) is 3.82. The number of para-hydroxylation sites is 1. The van der Waals surface area contributed by atoms with Gasteiger partial charge >= 0.3 is 0 Å². The summed E-state index contributed by atoms with van der Waals surface area (Å²) < 4.78 is 1.26. The van der Waals surface area contributed by atoms with Gasteiger partial charge in [0.05, 0.1) is 15.2 Å². The zero-order valence-electron chi connectivity index (χ0n) is 9.21. The van der Waals surface area contributed by atoms with E-state index in [1.807, 2.05) is 18.5 Å². The van der Waals surface area contributed by atoms with E-state index < -0.39 is 0 Å². The van der Waals surface area contributed by atoms with Crippen LogP contribution in [0, 0.1) is 0 Å². The monoisotopic (exact) mass is 241 g/mol. The number of aromatic nitrogens is 3. The van der Waals surface area contributed by atoms with Crippen molar-refractivity contribution in [2.45, 2.75) is 12.8 Å². The highest BCUT2D eigenvalue weighted by molar-refractivity contribution is 7.18. The largest absolute Gasteiger partial charge is 0.245 e. The summed E-state index contributed by atoms with van der Waals surface area (Å²) in [5, 5.41) is 1.18. The Balaban J connectivity index is 1.77. The van der Waals surface area contributed by atoms with Crippen molar-refractivity contribution in [1.82, 2.24) is 15.0 Å². The fourth-order valence-electron chi connectivity index (χ4n) is 1.74. The van der Waals surface area contributed by atoms with E-state index in [2.05, 4.69) is 33.2 Å². The molecule has 0 bridgehead atoms. The summed E-state index contributed by atoms with van der Waals surface area (Å²) in [5.41, 5.74) is 2.25. The molecule has 0 amide bonds. The minimum Gasteiger partial charge on any atom is -0.245 e. The zero-order valence-corrected chi connectivity index (χ0v) is 10.0. The lowest BCUT2D eigenvalue weighted by atomic mass is 10.2. The molecule has 4 heteroatoms. The third-order valence-corrected chi connectivity index (χ3v) is 3.68. The number of hydrogen-bond acceptors (Lipinski definition) is 4. The average molecular weight is 241 g/mol. The van der Waals surface area contributed by atoms with Gasteiger partial charge in [-0.1, -0.05) is 12.1 Å². The summed E-state index contributed by atoms with van der Waals surface area (Å²) >= 11 is 1.76. The minimum absolute atomic E-state index is 0.945. The molecule has 0 fully saturated rings. The Kier molecular flexibility index (Phi) is 2.80. The van der Waals surface area contributed by atoms with E-state index in [4.69, 9.17) is 0 Å². The molecule has 0 saturated heterocycles. The van der Waals surface area contributed by atoms with Crippen molar-refractivity contribution in [2.24, 2.45) is 0 Å². The zero-order chi connectivity index (χ0) is 11.5. The predicted octanol–water partition coefficient (Wildman–Crippen LogP) is 2.87. The van der Waals surface area contributed by atoms with Crippen LogP contribution in [0.15, 0.2) is 43.0 Å². The molecule has 3 rings (SSSR count). The summed E-state index contributed by atoms with van der Waals surface area (Å²) in [6, 6.07) is 8.25. The van der Waals surface area contributed by atoms with Gasteiger partial charge in [0.25, 0.3) is 0 Å². The molecule has 0 radical (unpaired) electrons. The first-order valence-corrected chi connectivity index (χ1v) is 6.32. The van der Waals surface area contributed by atoms with Crippen molar-refractivity contribution >= 4 is 21.6 Å². The molecule has 17 heavy (non-hydrogen) atoms. The van der Waals surface area contributed by atoms with E-state index in [0.717, 1.165) is 23.9 Å². The maximum atomic E-state index is 4.61. The lowest BCUT2D eigenvalue weighted by Gasteiger charge is -1.96. The van der Waals surface area contributed by atoms with Gasteiger partial charge in [0.2, 0.25) is 0 Å². The van der Waals surface area contributed by atoms with Crippen molar-refractivity contribution < 1.29 is 0 Å². The van der Waals surface area contributed by atoms with Gasteiger partial charge in [0.15, 0.2) is 0 Å². The van der Waals surface area contributed by atoms with Crippen LogP contribution < -0.4 is 0 Å². The van der Waals surface area contributed by atoms with E-state index in [1.54, 1.807) is 17.7 Å². The molecule has 0 spiro atoms. The molecular weight excluding hydrogens is 230 g/mol. The lowest BCUT2D eigenvalue weighted by Crippen LogP contribution is -1.92. The molecule has 3 aromatic rings. The van der Waals surface area contributed by atoms with Crippen molar-refractivity contribution in [3.63, 3.8) is 0 Å². The van der Waals surface area contributed by atoms with Crippen LogP contribution in [0.3, 0.4) is 0 Å². The molecule has 0 saturated carbocycles. The van der Waals surface area contributed by atoms with E-state index in [1.165, 1.54) is 9.71 Å². The van der Waals surface area contributed by atoms with Crippen LogP contribution in [0.2, 0.25) is 0 Å². The molecule has 0 aliphatic heterocycles. The third kappa shape index (κ3) is 2.31. The Morgan fingerprint density at radius 3 is 2.65 bits per heavy atom. The highest BCUT2D eigenvalue weighted by Crippen LogP contribution is 2.22. The maximum Gasteiger partial charge on any atom is 0.115 e. The van der Waals surface area contributed by atoms with Crippen LogP contribution in [0.1, 0.15) is 10.6 Å². The fraction of sp³-hybridized carbons (Fsp3) is 0.154. The van der Waals surface area contributed by atoms with Gasteiger partial charge in [0.1, 0.15) is 6.33 Å². The number of aryl methyl sites for hydroxylation is 2. The highest BCUT2D eigenvalue weighted by atomic mass is 32.1. The van der Waals surface area contributed by atoms with E-state index in [0.29, 0.717) is 0 Å². The number of nitrogens with zero attached hydrogens (tertiary/aromatic N) is 3. The molecule has 0 N–H and O–H groups in total. The van der Waals surface area contributed by atoms with E-state index in [-0.39, 0.29) is 0 Å². The Morgan fingerprint density at radius 2 is 1.82 bits per heavy atom. The summed E-state index contributed by atoms with van der Waals surface area (Å²) in [7, 11) is 0. The molecule has 0 aliphatic carbocycles. The Morgan fingerprint density at radius 1 is 1.00 bits per heavy atom. The van der Waals surface area contributed by atoms with Gasteiger partial charge in [0, 0.05) is 18.8 Å². The Labute approximate surface area is 103 Å². The predicted molar refractivity (Wildman–Crippen MR) is 69.1 cm³/mol. The fourth-order valence-corrected chi connectivity index (χ4v) is 2.70. The highest BCUT2D eigenvalue weighted by Gasteiger charge is 2.03. The first-order chi connectivity index (χ1) is 8.42. The number of thiazole rings is 1. The summed E-state index contributed by atoms with van der Waals surface area (Å²) in [5.74, 6) is 0. The summed E-state index contributed by atoms with van der Waals surface area (Å²) in [4.78, 5) is 12.6. The Hall–Kier alpha value is -1.81. The molecule has 1 aromatic carbocycles. The van der Waals surface area contributed by atoms with Crippen LogP contribution in [0.5, 0.6) is 0 Å². The topological polar surface area (TPSA) is 38.7 Å². The summed E-state index contributed by atoms with van der Waals surface area (Å²) in [6.07, 6.45) is 7.18. The number of hydrogen-bond donors (Lipinski definition) is 0. The van der Waals surface area contributed by atoms with Crippen molar-refractivity contribution in [2.75, 3.05) is 0 Å². The second-order valence-corrected chi connectivity index (χ2v) is 4.94. The number of benzene rings is 1. The SMILES string of the molecule is c1ccc2sc(CCc3cncnc3)nc2c1. The first-order valence-electron chi connectivity index (χ1n) is 5.50. The average Bonchev–Trinajstić information content (AvgIpc) is 2.80. The molecule has 3 nitrogen and oxygen atoms in total. The normalized spacial score (nSPS) is 10.8. The van der Waals surface area contributed by atoms with E-state index in [9.17, 15) is 0 Å². The molecule has 0 aliphatic rings. The first kappa shape index (κ1) is 10.4. The van der Waals surface area contributed by atoms with Crippen molar-refractivity contribution in [3.8, 4) is 0 Å². The minimum atomic E-state index is 0.945. The number of rotatable bonds is 3. The molecule has 84 valence electrons. The molecule has 2 aromatic heterocycles. The standard InChI is InChI=1S/C13H11N3S/c1-2-4-12-11(3-1)16-13(17-12)6-5-10-7-14-9-15-8-10/h1-4,7-9H,5-6H2. The van der Waals surface area contributed by atoms with Crippen LogP contribution >= 0.6 is 11.3 Å². The van der Waals surface area contributed by atoms with Gasteiger partial charge in [-0.05, 0) is 24.1 Å². The second kappa shape index (κ2) is 4.59. The molecular formula is C13H11N3S. The molecule has 2 heterocycles. The summed E-state index contributed by atoms with van der Waals surface area (Å²) in [6.45, 7) is 0. The van der Waals surface area contributed by atoms with E-state index >= 15 is 0 Å². The maximum absolute atomic E-state index is 4.61. The van der Waals surface area contributed by atoms with Gasteiger partial charge in [-0.2, -0.15) is 0 Å². The third-order valence-electron chi connectivity index (χ3n) is 2.58. The Bertz CT molecular complexity index is 586. The van der Waals surface area contributed by atoms with Crippen LogP contribution in [-0.2, 0) is 12.8 Å².